The van der Waals surface area contributed by atoms with E-state index in [2.05, 4.69) is 0 Å². The van der Waals surface area contributed by atoms with Crippen molar-refractivity contribution in [2.45, 2.75) is 19.3 Å². The van der Waals surface area contributed by atoms with Gasteiger partial charge in [0.05, 0.1) is 6.61 Å². The van der Waals surface area contributed by atoms with E-state index in [1.165, 1.54) is 0 Å². The van der Waals surface area contributed by atoms with Crippen molar-refractivity contribution in [1.82, 2.24) is 4.98 Å². The summed E-state index contributed by atoms with van der Waals surface area (Å²) in [6, 6.07) is 27.5. The van der Waals surface area contributed by atoms with E-state index in [9.17, 15) is 4.79 Å². The van der Waals surface area contributed by atoms with Gasteiger partial charge >= 0.3 is 5.97 Å². The summed E-state index contributed by atoms with van der Waals surface area (Å²) in [4.78, 5) is 15.4. The normalized spacial score (nSPS) is 10.7. The van der Waals surface area contributed by atoms with Crippen LogP contribution >= 0.6 is 0 Å². The minimum atomic E-state index is -0.783. The Morgan fingerprint density at radius 3 is 2.23 bits per heavy atom. The van der Waals surface area contributed by atoms with Crippen LogP contribution in [-0.4, -0.2) is 22.7 Å². The number of ether oxygens (including phenoxy) is 1. The molecule has 156 valence electrons. The number of unbranched alkanes of at least 4 members (excludes halogenated alkanes) is 1. The highest BCUT2D eigenvalue weighted by molar-refractivity contribution is 5.79. The molecule has 4 aromatic rings. The van der Waals surface area contributed by atoms with Crippen LogP contribution in [0.4, 0.5) is 0 Å². The molecule has 0 radical (unpaired) electrons. The maximum Gasteiger partial charge on any atom is 0.303 e. The van der Waals surface area contributed by atoms with Gasteiger partial charge in [0.2, 0.25) is 5.89 Å². The van der Waals surface area contributed by atoms with E-state index >= 15 is 0 Å². The van der Waals surface area contributed by atoms with Crippen molar-refractivity contribution < 1.29 is 19.1 Å². The van der Waals surface area contributed by atoms with Crippen LogP contribution in [0.25, 0.3) is 34.0 Å². The maximum absolute atomic E-state index is 10.6. The second-order valence-electron chi connectivity index (χ2n) is 7.16. The molecule has 1 heterocycles. The Morgan fingerprint density at radius 1 is 0.839 bits per heavy atom. The van der Waals surface area contributed by atoms with E-state index in [-0.39, 0.29) is 6.42 Å². The fraction of sp³-hybridized carbons (Fsp3) is 0.154. The zero-order valence-corrected chi connectivity index (χ0v) is 17.0. The first-order valence-corrected chi connectivity index (χ1v) is 10.3. The molecule has 31 heavy (non-hydrogen) atoms. The van der Waals surface area contributed by atoms with Gasteiger partial charge in [-0.3, -0.25) is 4.79 Å². The van der Waals surface area contributed by atoms with Crippen LogP contribution in [0.2, 0.25) is 0 Å². The number of aromatic nitrogens is 1. The highest BCUT2D eigenvalue weighted by Crippen LogP contribution is 2.36. The largest absolute Gasteiger partial charge is 0.494 e. The topological polar surface area (TPSA) is 72.6 Å². The summed E-state index contributed by atoms with van der Waals surface area (Å²) in [5, 5.41) is 8.72. The molecule has 0 saturated carbocycles. The van der Waals surface area contributed by atoms with Gasteiger partial charge in [0.1, 0.15) is 11.4 Å². The van der Waals surface area contributed by atoms with Crippen molar-refractivity contribution in [3.8, 4) is 39.8 Å². The Hall–Kier alpha value is -3.86. The molecule has 0 bridgehead atoms. The van der Waals surface area contributed by atoms with Gasteiger partial charge in [-0.15, -0.1) is 0 Å². The van der Waals surface area contributed by atoms with E-state index < -0.39 is 5.97 Å². The highest BCUT2D eigenvalue weighted by Gasteiger charge is 2.18. The minimum Gasteiger partial charge on any atom is -0.494 e. The molecule has 0 fully saturated rings. The Balaban J connectivity index is 1.60. The number of nitrogens with zero attached hydrogens (tertiary/aromatic N) is 1. The number of benzene rings is 3. The Morgan fingerprint density at radius 2 is 1.52 bits per heavy atom. The summed E-state index contributed by atoms with van der Waals surface area (Å²) in [7, 11) is 0. The predicted molar refractivity (Wildman–Crippen MR) is 120 cm³/mol. The number of rotatable bonds is 9. The smallest absolute Gasteiger partial charge is 0.303 e. The molecule has 0 aliphatic rings. The average Bonchev–Trinajstić information content (AvgIpc) is 3.26. The molecule has 0 aliphatic heterocycles. The van der Waals surface area contributed by atoms with Crippen molar-refractivity contribution in [3.05, 3.63) is 84.9 Å². The second-order valence-corrected chi connectivity index (χ2v) is 7.16. The number of hydrogen-bond acceptors (Lipinski definition) is 4. The lowest BCUT2D eigenvalue weighted by molar-refractivity contribution is -0.137. The maximum atomic E-state index is 10.6. The van der Waals surface area contributed by atoms with E-state index in [0.717, 1.165) is 28.1 Å². The van der Waals surface area contributed by atoms with Gasteiger partial charge in [-0.05, 0) is 31.0 Å². The molecular formula is C26H23NO4. The molecule has 1 N–H and O–H groups in total. The summed E-state index contributed by atoms with van der Waals surface area (Å²) in [6.07, 6.45) is 1.44. The lowest BCUT2D eigenvalue weighted by atomic mass is 10.1. The number of carbonyl (C=O) groups is 1. The molecule has 0 amide bonds. The third kappa shape index (κ3) is 5.20. The van der Waals surface area contributed by atoms with Crippen molar-refractivity contribution in [1.29, 1.82) is 0 Å². The summed E-state index contributed by atoms with van der Waals surface area (Å²) >= 11 is 0. The number of hydrogen-bond donors (Lipinski definition) is 1. The summed E-state index contributed by atoms with van der Waals surface area (Å²) < 4.78 is 12.0. The van der Waals surface area contributed by atoms with Crippen LogP contribution in [0.1, 0.15) is 19.3 Å². The van der Waals surface area contributed by atoms with Crippen LogP contribution in [-0.2, 0) is 4.79 Å². The zero-order valence-electron chi connectivity index (χ0n) is 17.0. The molecule has 4 rings (SSSR count). The molecule has 0 unspecified atom stereocenters. The van der Waals surface area contributed by atoms with E-state index in [0.29, 0.717) is 31.1 Å². The van der Waals surface area contributed by atoms with Crippen LogP contribution < -0.4 is 4.74 Å². The van der Waals surface area contributed by atoms with Gasteiger partial charge in [0.25, 0.3) is 0 Å². The number of oxazole rings is 1. The predicted octanol–water partition coefficient (Wildman–Crippen LogP) is 6.31. The van der Waals surface area contributed by atoms with Crippen molar-refractivity contribution in [2.24, 2.45) is 0 Å². The molecular weight excluding hydrogens is 390 g/mol. The minimum absolute atomic E-state index is 0.157. The third-order valence-electron chi connectivity index (χ3n) is 4.85. The molecule has 0 spiro atoms. The Labute approximate surface area is 181 Å². The Bertz CT molecular complexity index is 1080. The van der Waals surface area contributed by atoms with E-state index in [1.54, 1.807) is 0 Å². The fourth-order valence-electron chi connectivity index (χ4n) is 3.31. The first-order valence-electron chi connectivity index (χ1n) is 10.3. The van der Waals surface area contributed by atoms with Gasteiger partial charge < -0.3 is 14.3 Å². The standard InChI is InChI=1S/C26H23NO4/c28-23(29)16-7-8-17-30-22-15-9-14-21(18-22)26-27-24(19-10-3-1-4-11-19)25(31-26)20-12-5-2-6-13-20/h1-6,9-15,18H,7-8,16-17H2,(H,28,29). The van der Waals surface area contributed by atoms with Gasteiger partial charge in [-0.1, -0.05) is 66.7 Å². The zero-order chi connectivity index (χ0) is 21.5. The number of carboxylic acid groups (broad SMARTS) is 1. The number of aliphatic carboxylic acids is 1. The molecule has 0 aliphatic carbocycles. The second kappa shape index (κ2) is 9.76. The quantitative estimate of drug-likeness (QED) is 0.326. The molecule has 5 heteroatoms. The highest BCUT2D eigenvalue weighted by atomic mass is 16.5. The van der Waals surface area contributed by atoms with Crippen LogP contribution in [0.5, 0.6) is 5.75 Å². The third-order valence-corrected chi connectivity index (χ3v) is 4.85. The fourth-order valence-corrected chi connectivity index (χ4v) is 3.31. The SMILES string of the molecule is O=C(O)CCCCOc1cccc(-c2nc(-c3ccccc3)c(-c3ccccc3)o2)c1. The van der Waals surface area contributed by atoms with Crippen molar-refractivity contribution in [3.63, 3.8) is 0 Å². The first-order chi connectivity index (χ1) is 15.2. The van der Waals surface area contributed by atoms with E-state index in [1.807, 2.05) is 84.9 Å². The van der Waals surface area contributed by atoms with Crippen molar-refractivity contribution >= 4 is 5.97 Å². The van der Waals surface area contributed by atoms with Crippen LogP contribution in [0.3, 0.4) is 0 Å². The first kappa shape index (κ1) is 20.4. The summed E-state index contributed by atoms with van der Waals surface area (Å²) in [5.41, 5.74) is 3.57. The number of carboxylic acids is 1. The lowest BCUT2D eigenvalue weighted by Gasteiger charge is -2.06. The molecule has 1 aromatic heterocycles. The summed E-state index contributed by atoms with van der Waals surface area (Å²) in [5.74, 6) is 1.17. The molecule has 0 saturated heterocycles. The molecule has 5 nitrogen and oxygen atoms in total. The molecule has 0 atom stereocenters. The summed E-state index contributed by atoms with van der Waals surface area (Å²) in [6.45, 7) is 0.465. The van der Waals surface area contributed by atoms with Gasteiger partial charge in [-0.25, -0.2) is 4.98 Å². The average molecular weight is 413 g/mol. The van der Waals surface area contributed by atoms with Gasteiger partial charge in [0, 0.05) is 23.1 Å². The van der Waals surface area contributed by atoms with Crippen molar-refractivity contribution in [2.75, 3.05) is 6.61 Å². The van der Waals surface area contributed by atoms with Gasteiger partial charge in [-0.2, -0.15) is 0 Å². The van der Waals surface area contributed by atoms with E-state index in [4.69, 9.17) is 19.2 Å². The lowest BCUT2D eigenvalue weighted by Crippen LogP contribution is -2.00. The van der Waals surface area contributed by atoms with Gasteiger partial charge in [0.15, 0.2) is 5.76 Å². The van der Waals surface area contributed by atoms with Crippen LogP contribution in [0.15, 0.2) is 89.3 Å². The molecule has 3 aromatic carbocycles. The Kier molecular flexibility index (Phi) is 6.43. The monoisotopic (exact) mass is 413 g/mol. The van der Waals surface area contributed by atoms with Crippen LogP contribution in [0, 0.1) is 0 Å².